The molecule has 2 fully saturated rings. The first-order valence-electron chi connectivity index (χ1n) is 11.0. The van der Waals surface area contributed by atoms with Crippen LogP contribution in [-0.2, 0) is 21.4 Å². The van der Waals surface area contributed by atoms with Gasteiger partial charge in [0.05, 0.1) is 18.6 Å². The summed E-state index contributed by atoms with van der Waals surface area (Å²) >= 11 is 0. The summed E-state index contributed by atoms with van der Waals surface area (Å²) in [5, 5.41) is 11.4. The number of hydrogen-bond donors (Lipinski definition) is 0. The van der Waals surface area contributed by atoms with Gasteiger partial charge >= 0.3 is 0 Å². The van der Waals surface area contributed by atoms with E-state index in [1.807, 2.05) is 0 Å². The van der Waals surface area contributed by atoms with E-state index in [0.717, 1.165) is 25.7 Å². The first-order valence-corrected chi connectivity index (χ1v) is 12.5. The number of piperazine rings is 1. The molecule has 4 rings (SSSR count). The predicted molar refractivity (Wildman–Crippen MR) is 116 cm³/mol. The van der Waals surface area contributed by atoms with Gasteiger partial charge in [-0.25, -0.2) is 13.1 Å². The molecule has 2 aliphatic rings. The van der Waals surface area contributed by atoms with Crippen molar-refractivity contribution < 1.29 is 17.9 Å². The van der Waals surface area contributed by atoms with E-state index in [2.05, 4.69) is 15.5 Å². The number of tetrazole rings is 1. The molecule has 1 saturated carbocycles. The number of rotatable bonds is 7. The Morgan fingerprint density at radius 2 is 1.75 bits per heavy atom. The standard InChI is InChI=1S/C21H30N6O4S/c1-31-18-5-7-19(8-6-18)32(29,30)27-13-11-25(12-14-27)20(28)15-21(9-3-2-4-10-21)16-26-17-22-23-24-26/h5-8,17H,2-4,9-16H2,1H3. The van der Waals surface area contributed by atoms with Crippen molar-refractivity contribution in [1.29, 1.82) is 0 Å². The van der Waals surface area contributed by atoms with Crippen LogP contribution in [0.3, 0.4) is 0 Å². The molecular weight excluding hydrogens is 432 g/mol. The van der Waals surface area contributed by atoms with Gasteiger partial charge in [-0.3, -0.25) is 4.79 Å². The third kappa shape index (κ3) is 4.93. The van der Waals surface area contributed by atoms with E-state index < -0.39 is 10.0 Å². The Hall–Kier alpha value is -2.53. The van der Waals surface area contributed by atoms with Gasteiger partial charge in [-0.1, -0.05) is 19.3 Å². The molecule has 0 atom stereocenters. The lowest BCUT2D eigenvalue weighted by Crippen LogP contribution is -2.51. The molecule has 2 aromatic rings. The zero-order valence-electron chi connectivity index (χ0n) is 18.4. The maximum Gasteiger partial charge on any atom is 0.243 e. The highest BCUT2D eigenvalue weighted by Crippen LogP contribution is 2.41. The molecule has 0 radical (unpaired) electrons. The average molecular weight is 463 g/mol. The summed E-state index contributed by atoms with van der Waals surface area (Å²) in [4.78, 5) is 15.2. The number of ether oxygens (including phenoxy) is 1. The minimum Gasteiger partial charge on any atom is -0.497 e. The predicted octanol–water partition coefficient (Wildman–Crippen LogP) is 1.56. The van der Waals surface area contributed by atoms with Crippen LogP contribution in [-0.4, -0.2) is 77.0 Å². The van der Waals surface area contributed by atoms with Crippen LogP contribution >= 0.6 is 0 Å². The molecule has 1 saturated heterocycles. The zero-order valence-corrected chi connectivity index (χ0v) is 19.2. The fraction of sp³-hybridized carbons (Fsp3) is 0.619. The number of methoxy groups -OCH3 is 1. The maximum atomic E-state index is 13.2. The topological polar surface area (TPSA) is 111 Å². The van der Waals surface area contributed by atoms with Gasteiger partial charge in [-0.2, -0.15) is 4.31 Å². The molecule has 1 amide bonds. The maximum absolute atomic E-state index is 13.2. The van der Waals surface area contributed by atoms with Crippen molar-refractivity contribution in [2.24, 2.45) is 5.41 Å². The summed E-state index contributed by atoms with van der Waals surface area (Å²) in [5.41, 5.74) is -0.142. The fourth-order valence-electron chi connectivity index (χ4n) is 4.80. The second kappa shape index (κ2) is 9.53. The van der Waals surface area contributed by atoms with Crippen LogP contribution in [0.5, 0.6) is 5.75 Å². The minimum atomic E-state index is -3.60. The van der Waals surface area contributed by atoms with Crippen molar-refractivity contribution in [3.05, 3.63) is 30.6 Å². The van der Waals surface area contributed by atoms with E-state index in [-0.39, 0.29) is 16.2 Å². The smallest absolute Gasteiger partial charge is 0.243 e. The highest BCUT2D eigenvalue weighted by atomic mass is 32.2. The first kappa shape index (κ1) is 22.7. The van der Waals surface area contributed by atoms with Gasteiger partial charge in [0.1, 0.15) is 12.1 Å². The van der Waals surface area contributed by atoms with Crippen LogP contribution in [0.1, 0.15) is 38.5 Å². The fourth-order valence-corrected chi connectivity index (χ4v) is 6.22. The number of sulfonamides is 1. The second-order valence-corrected chi connectivity index (χ2v) is 10.6. The van der Waals surface area contributed by atoms with Crippen LogP contribution in [0.15, 0.2) is 35.5 Å². The van der Waals surface area contributed by atoms with Crippen molar-refractivity contribution in [2.45, 2.75) is 50.0 Å². The molecule has 0 N–H and O–H groups in total. The average Bonchev–Trinajstić information content (AvgIpc) is 3.32. The van der Waals surface area contributed by atoms with Crippen LogP contribution in [0.2, 0.25) is 0 Å². The lowest BCUT2D eigenvalue weighted by atomic mass is 9.71. The van der Waals surface area contributed by atoms with E-state index in [0.29, 0.717) is 44.9 Å². The van der Waals surface area contributed by atoms with E-state index in [1.54, 1.807) is 47.3 Å². The summed E-state index contributed by atoms with van der Waals surface area (Å²) in [7, 11) is -2.05. The number of amides is 1. The molecule has 0 spiro atoms. The molecule has 1 aromatic carbocycles. The largest absolute Gasteiger partial charge is 0.497 e. The molecule has 1 aliphatic heterocycles. The van der Waals surface area contributed by atoms with Gasteiger partial charge in [0.25, 0.3) is 0 Å². The normalized spacial score (nSPS) is 19.6. The van der Waals surface area contributed by atoms with E-state index in [9.17, 15) is 13.2 Å². The molecule has 1 aromatic heterocycles. The molecular formula is C21H30N6O4S. The van der Waals surface area contributed by atoms with Crippen molar-refractivity contribution >= 4 is 15.9 Å². The molecule has 0 bridgehead atoms. The Morgan fingerprint density at radius 3 is 2.34 bits per heavy atom. The third-order valence-corrected chi connectivity index (χ3v) is 8.53. The van der Waals surface area contributed by atoms with Crippen LogP contribution in [0.4, 0.5) is 0 Å². The number of nitrogens with zero attached hydrogens (tertiary/aromatic N) is 6. The van der Waals surface area contributed by atoms with Gasteiger partial charge in [0, 0.05) is 32.6 Å². The second-order valence-electron chi connectivity index (χ2n) is 8.71. The molecule has 1 aliphatic carbocycles. The molecule has 0 unspecified atom stereocenters. The Morgan fingerprint density at radius 1 is 1.06 bits per heavy atom. The summed E-state index contributed by atoms with van der Waals surface area (Å²) in [5.74, 6) is 0.694. The molecule has 2 heterocycles. The number of hydrogen-bond acceptors (Lipinski definition) is 7. The number of benzene rings is 1. The monoisotopic (exact) mass is 462 g/mol. The lowest BCUT2D eigenvalue weighted by Gasteiger charge is -2.40. The van der Waals surface area contributed by atoms with Crippen LogP contribution in [0, 0.1) is 5.41 Å². The first-order chi connectivity index (χ1) is 15.4. The molecule has 10 nitrogen and oxygen atoms in total. The zero-order chi connectivity index (χ0) is 22.6. The van der Waals surface area contributed by atoms with Gasteiger partial charge in [0.15, 0.2) is 0 Å². The van der Waals surface area contributed by atoms with E-state index in [4.69, 9.17) is 4.74 Å². The van der Waals surface area contributed by atoms with E-state index >= 15 is 0 Å². The van der Waals surface area contributed by atoms with Crippen LogP contribution < -0.4 is 4.74 Å². The lowest BCUT2D eigenvalue weighted by molar-refractivity contribution is -0.136. The third-order valence-electron chi connectivity index (χ3n) is 6.62. The van der Waals surface area contributed by atoms with Crippen LogP contribution in [0.25, 0.3) is 0 Å². The number of carbonyl (C=O) groups excluding carboxylic acids is 1. The summed E-state index contributed by atoms with van der Waals surface area (Å²) in [6.45, 7) is 2.02. The van der Waals surface area contributed by atoms with Crippen molar-refractivity contribution in [3.8, 4) is 5.75 Å². The van der Waals surface area contributed by atoms with Gasteiger partial charge in [-0.15, -0.1) is 5.10 Å². The van der Waals surface area contributed by atoms with Crippen molar-refractivity contribution in [3.63, 3.8) is 0 Å². The summed E-state index contributed by atoms with van der Waals surface area (Å²) in [6, 6.07) is 6.39. The highest BCUT2D eigenvalue weighted by Gasteiger charge is 2.38. The Balaban J connectivity index is 1.38. The number of aromatic nitrogens is 4. The molecule has 32 heavy (non-hydrogen) atoms. The SMILES string of the molecule is COc1ccc(S(=O)(=O)N2CCN(C(=O)CC3(Cn4cnnn4)CCCCC3)CC2)cc1. The Bertz CT molecular complexity index is 995. The summed E-state index contributed by atoms with van der Waals surface area (Å²) < 4.78 is 34.2. The van der Waals surface area contributed by atoms with Crippen molar-refractivity contribution in [2.75, 3.05) is 33.3 Å². The molecule has 174 valence electrons. The van der Waals surface area contributed by atoms with Gasteiger partial charge in [0.2, 0.25) is 15.9 Å². The quantitative estimate of drug-likeness (QED) is 0.614. The minimum absolute atomic E-state index is 0.0847. The van der Waals surface area contributed by atoms with Gasteiger partial charge < -0.3 is 9.64 Å². The summed E-state index contributed by atoms with van der Waals surface area (Å²) in [6.07, 6.45) is 7.39. The Labute approximate surface area is 188 Å². The van der Waals surface area contributed by atoms with Gasteiger partial charge in [-0.05, 0) is 52.9 Å². The number of carbonyl (C=O) groups is 1. The van der Waals surface area contributed by atoms with Crippen molar-refractivity contribution in [1.82, 2.24) is 29.4 Å². The molecule has 11 heteroatoms. The van der Waals surface area contributed by atoms with E-state index in [1.165, 1.54) is 10.7 Å². The highest BCUT2D eigenvalue weighted by molar-refractivity contribution is 7.89. The Kier molecular flexibility index (Phi) is 6.75.